The van der Waals surface area contributed by atoms with Crippen LogP contribution >= 0.6 is 0 Å². The van der Waals surface area contributed by atoms with Crippen molar-refractivity contribution in [1.82, 2.24) is 10.2 Å². The van der Waals surface area contributed by atoms with Gasteiger partial charge in [0.2, 0.25) is 11.8 Å². The van der Waals surface area contributed by atoms with Crippen LogP contribution in [0.5, 0.6) is 5.75 Å². The van der Waals surface area contributed by atoms with Crippen LogP contribution in [0.3, 0.4) is 0 Å². The Labute approximate surface area is 270 Å². The van der Waals surface area contributed by atoms with Crippen molar-refractivity contribution in [2.24, 2.45) is 0 Å². The molecule has 0 aliphatic carbocycles. The third-order valence-corrected chi connectivity index (χ3v) is 9.37. The SMILES string of the molecule is CCCCNC(=O)C(Cc1ccccc1)N(Cc1cccc(OC)c1)C(=O)CN(c1ccccc1F)S(=O)(=O)c1ccc(C)cc1. The molecule has 0 fully saturated rings. The van der Waals surface area contributed by atoms with Crippen LogP contribution in [0.1, 0.15) is 36.5 Å². The number of ether oxygens (including phenoxy) is 1. The zero-order valence-electron chi connectivity index (χ0n) is 26.4. The van der Waals surface area contributed by atoms with Crippen molar-refractivity contribution in [3.63, 3.8) is 0 Å². The van der Waals surface area contributed by atoms with Gasteiger partial charge in [-0.2, -0.15) is 0 Å². The first kappa shape index (κ1) is 34.2. The lowest BCUT2D eigenvalue weighted by Crippen LogP contribution is -2.53. The van der Waals surface area contributed by atoms with Gasteiger partial charge < -0.3 is 15.0 Å². The van der Waals surface area contributed by atoms with Crippen LogP contribution in [-0.2, 0) is 32.6 Å². The number of aryl methyl sites for hydroxylation is 1. The molecule has 1 unspecified atom stereocenters. The standard InChI is InChI=1S/C36H40FN3O5S/c1-4-5-22-38-36(42)34(24-28-12-7-6-8-13-28)39(25-29-14-11-15-30(23-29)45-3)35(41)26-40(33-17-10-9-16-32(33)37)46(43,44)31-20-18-27(2)19-21-31/h6-21,23,34H,4-5,22,24-26H2,1-3H3,(H,38,42). The molecule has 1 N–H and O–H groups in total. The van der Waals surface area contributed by atoms with Crippen LogP contribution in [-0.4, -0.2) is 51.4 Å². The summed E-state index contributed by atoms with van der Waals surface area (Å²) in [4.78, 5) is 29.6. The number of para-hydroxylation sites is 1. The molecule has 0 spiro atoms. The first-order chi connectivity index (χ1) is 22.1. The fourth-order valence-corrected chi connectivity index (χ4v) is 6.45. The molecule has 0 saturated carbocycles. The number of nitrogens with one attached hydrogen (secondary N) is 1. The van der Waals surface area contributed by atoms with Gasteiger partial charge >= 0.3 is 0 Å². The molecule has 0 radical (unpaired) electrons. The maximum Gasteiger partial charge on any atom is 0.264 e. The van der Waals surface area contributed by atoms with E-state index in [0.29, 0.717) is 17.9 Å². The molecule has 8 nitrogen and oxygen atoms in total. The fourth-order valence-electron chi connectivity index (χ4n) is 5.03. The zero-order chi connectivity index (χ0) is 33.1. The summed E-state index contributed by atoms with van der Waals surface area (Å²) >= 11 is 0. The Balaban J connectivity index is 1.81. The molecule has 0 heterocycles. The van der Waals surface area contributed by atoms with Gasteiger partial charge in [-0.3, -0.25) is 13.9 Å². The lowest BCUT2D eigenvalue weighted by molar-refractivity contribution is -0.140. The maximum atomic E-state index is 15.3. The average molecular weight is 646 g/mol. The van der Waals surface area contributed by atoms with Gasteiger partial charge in [0.1, 0.15) is 24.2 Å². The van der Waals surface area contributed by atoms with Crippen molar-refractivity contribution < 1.29 is 27.1 Å². The molecule has 46 heavy (non-hydrogen) atoms. The van der Waals surface area contributed by atoms with E-state index in [0.717, 1.165) is 34.3 Å². The second-order valence-electron chi connectivity index (χ2n) is 11.0. The van der Waals surface area contributed by atoms with Gasteiger partial charge in [0.15, 0.2) is 0 Å². The molecule has 10 heteroatoms. The summed E-state index contributed by atoms with van der Waals surface area (Å²) in [6, 6.07) is 27.0. The van der Waals surface area contributed by atoms with Gasteiger partial charge in [-0.05, 0) is 60.9 Å². The zero-order valence-corrected chi connectivity index (χ0v) is 27.2. The molecule has 0 aliphatic heterocycles. The quantitative estimate of drug-likeness (QED) is 0.163. The third kappa shape index (κ3) is 8.72. The largest absolute Gasteiger partial charge is 0.497 e. The molecule has 4 rings (SSSR count). The van der Waals surface area contributed by atoms with Crippen molar-refractivity contribution in [2.45, 2.75) is 50.6 Å². The number of carbonyl (C=O) groups is 2. The Morgan fingerprint density at radius 1 is 0.891 bits per heavy atom. The van der Waals surface area contributed by atoms with Gasteiger partial charge in [-0.1, -0.05) is 85.6 Å². The first-order valence-corrected chi connectivity index (χ1v) is 16.7. The number of hydrogen-bond donors (Lipinski definition) is 1. The highest BCUT2D eigenvalue weighted by molar-refractivity contribution is 7.92. The van der Waals surface area contributed by atoms with Crippen LogP contribution in [0.25, 0.3) is 0 Å². The highest BCUT2D eigenvalue weighted by Crippen LogP contribution is 2.28. The summed E-state index contributed by atoms with van der Waals surface area (Å²) in [6.45, 7) is 3.49. The second kappa shape index (κ2) is 16.0. The molecule has 0 aromatic heterocycles. The Bertz CT molecular complexity index is 1720. The summed E-state index contributed by atoms with van der Waals surface area (Å²) in [5, 5.41) is 2.95. The minimum absolute atomic E-state index is 0.0234. The number of sulfonamides is 1. The number of anilines is 1. The van der Waals surface area contributed by atoms with E-state index in [2.05, 4.69) is 5.32 Å². The summed E-state index contributed by atoms with van der Waals surface area (Å²) < 4.78 is 49.6. The number of halogens is 1. The number of benzene rings is 4. The van der Waals surface area contributed by atoms with E-state index in [-0.39, 0.29) is 29.5 Å². The first-order valence-electron chi connectivity index (χ1n) is 15.2. The lowest BCUT2D eigenvalue weighted by atomic mass is 10.0. The number of nitrogens with zero attached hydrogens (tertiary/aromatic N) is 2. The topological polar surface area (TPSA) is 96.0 Å². The van der Waals surface area contributed by atoms with E-state index in [1.807, 2.05) is 44.2 Å². The molecule has 4 aromatic carbocycles. The molecule has 0 saturated heterocycles. The normalized spacial score (nSPS) is 11.8. The predicted octanol–water partition coefficient (Wildman–Crippen LogP) is 5.89. The fraction of sp³-hybridized carbons (Fsp3) is 0.278. The highest BCUT2D eigenvalue weighted by atomic mass is 32.2. The third-order valence-electron chi connectivity index (χ3n) is 7.60. The molecule has 2 amide bonds. The van der Waals surface area contributed by atoms with Gasteiger partial charge in [0.25, 0.3) is 10.0 Å². The lowest BCUT2D eigenvalue weighted by Gasteiger charge is -2.34. The molecule has 0 aliphatic rings. The Kier molecular flexibility index (Phi) is 11.9. The van der Waals surface area contributed by atoms with Crippen molar-refractivity contribution in [3.05, 3.63) is 126 Å². The van der Waals surface area contributed by atoms with Gasteiger partial charge in [0.05, 0.1) is 17.7 Å². The van der Waals surface area contributed by atoms with E-state index in [1.165, 1.54) is 42.3 Å². The summed E-state index contributed by atoms with van der Waals surface area (Å²) in [5.41, 5.74) is 2.06. The Hall–Kier alpha value is -4.70. The number of carbonyl (C=O) groups excluding carboxylic acids is 2. The monoisotopic (exact) mass is 645 g/mol. The van der Waals surface area contributed by atoms with Crippen LogP contribution in [0.4, 0.5) is 10.1 Å². The van der Waals surface area contributed by atoms with Crippen molar-refractivity contribution in [1.29, 1.82) is 0 Å². The molecule has 4 aromatic rings. The van der Waals surface area contributed by atoms with Crippen LogP contribution in [0, 0.1) is 12.7 Å². The van der Waals surface area contributed by atoms with Crippen molar-refractivity contribution >= 4 is 27.5 Å². The van der Waals surface area contributed by atoms with E-state index < -0.39 is 34.3 Å². The highest BCUT2D eigenvalue weighted by Gasteiger charge is 2.35. The van der Waals surface area contributed by atoms with Crippen LogP contribution in [0.15, 0.2) is 108 Å². The number of rotatable bonds is 15. The maximum absolute atomic E-state index is 15.3. The molecule has 0 bridgehead atoms. The second-order valence-corrected chi connectivity index (χ2v) is 12.9. The minimum atomic E-state index is -4.40. The molecular weight excluding hydrogens is 605 g/mol. The summed E-state index contributed by atoms with van der Waals surface area (Å²) in [5.74, 6) is -1.28. The van der Waals surface area contributed by atoms with Crippen LogP contribution in [0.2, 0.25) is 0 Å². The van der Waals surface area contributed by atoms with Crippen LogP contribution < -0.4 is 14.4 Å². The van der Waals surface area contributed by atoms with Gasteiger partial charge in [-0.25, -0.2) is 12.8 Å². The van der Waals surface area contributed by atoms with Gasteiger partial charge in [0, 0.05) is 19.5 Å². The number of amides is 2. The van der Waals surface area contributed by atoms with Gasteiger partial charge in [-0.15, -0.1) is 0 Å². The van der Waals surface area contributed by atoms with Crippen molar-refractivity contribution in [2.75, 3.05) is 24.5 Å². The summed E-state index contributed by atoms with van der Waals surface area (Å²) in [7, 11) is -2.87. The smallest absolute Gasteiger partial charge is 0.264 e. The number of methoxy groups -OCH3 is 1. The summed E-state index contributed by atoms with van der Waals surface area (Å²) in [6.07, 6.45) is 1.80. The number of unbranched alkanes of at least 4 members (excludes halogenated alkanes) is 1. The van der Waals surface area contributed by atoms with E-state index in [1.54, 1.807) is 36.4 Å². The van der Waals surface area contributed by atoms with Crippen molar-refractivity contribution in [3.8, 4) is 5.75 Å². The Morgan fingerprint density at radius 3 is 2.24 bits per heavy atom. The number of hydrogen-bond acceptors (Lipinski definition) is 5. The average Bonchev–Trinajstić information content (AvgIpc) is 3.06. The van der Waals surface area contributed by atoms with E-state index in [4.69, 9.17) is 4.74 Å². The predicted molar refractivity (Wildman–Crippen MR) is 178 cm³/mol. The van der Waals surface area contributed by atoms with E-state index >= 15 is 4.39 Å². The Morgan fingerprint density at radius 2 is 1.57 bits per heavy atom. The molecule has 1 atom stereocenters. The minimum Gasteiger partial charge on any atom is -0.497 e. The van der Waals surface area contributed by atoms with E-state index in [9.17, 15) is 18.0 Å². The molecule has 242 valence electrons. The molecular formula is C36H40FN3O5S.